The van der Waals surface area contributed by atoms with Crippen molar-refractivity contribution in [2.45, 2.75) is 6.92 Å². The highest BCUT2D eigenvalue weighted by Crippen LogP contribution is 2.21. The van der Waals surface area contributed by atoms with E-state index in [1.54, 1.807) is 6.07 Å². The van der Waals surface area contributed by atoms with Crippen molar-refractivity contribution in [3.8, 4) is 11.3 Å². The van der Waals surface area contributed by atoms with Crippen molar-refractivity contribution in [2.75, 3.05) is 0 Å². The van der Waals surface area contributed by atoms with Crippen LogP contribution in [-0.4, -0.2) is 16.1 Å². The molecule has 3 heteroatoms. The quantitative estimate of drug-likeness (QED) is 0.834. The third kappa shape index (κ3) is 1.93. The van der Waals surface area contributed by atoms with Gasteiger partial charge in [-0.05, 0) is 24.6 Å². The number of carboxylic acids is 1. The van der Waals surface area contributed by atoms with E-state index in [-0.39, 0.29) is 5.56 Å². The standard InChI is InChI=1S/C13H11NO2/c1-9-4-2-3-5-11(9)12-8-10(13(15)16)6-7-14-12/h2-8H,1H3,(H,15,16). The normalized spacial score (nSPS) is 10.1. The zero-order valence-corrected chi connectivity index (χ0v) is 8.84. The summed E-state index contributed by atoms with van der Waals surface area (Å²) in [5.41, 5.74) is 2.99. The van der Waals surface area contributed by atoms with Crippen LogP contribution in [-0.2, 0) is 0 Å². The van der Waals surface area contributed by atoms with Crippen molar-refractivity contribution in [3.05, 3.63) is 53.7 Å². The Balaban J connectivity index is 2.53. The summed E-state index contributed by atoms with van der Waals surface area (Å²) in [6.45, 7) is 1.98. The van der Waals surface area contributed by atoms with Crippen molar-refractivity contribution in [1.29, 1.82) is 0 Å². The lowest BCUT2D eigenvalue weighted by Gasteiger charge is -2.05. The number of aromatic carboxylic acids is 1. The number of hydrogen-bond donors (Lipinski definition) is 1. The molecule has 0 aliphatic rings. The van der Waals surface area contributed by atoms with Crippen molar-refractivity contribution >= 4 is 5.97 Å². The first kappa shape index (κ1) is 10.4. The summed E-state index contributed by atoms with van der Waals surface area (Å²) < 4.78 is 0. The van der Waals surface area contributed by atoms with Gasteiger partial charge in [0.05, 0.1) is 11.3 Å². The molecule has 0 aliphatic heterocycles. The molecule has 3 nitrogen and oxygen atoms in total. The highest BCUT2D eigenvalue weighted by molar-refractivity contribution is 5.88. The molecule has 0 aliphatic carbocycles. The second-order valence-electron chi connectivity index (χ2n) is 3.55. The van der Waals surface area contributed by atoms with E-state index in [0.29, 0.717) is 5.69 Å². The fourth-order valence-electron chi connectivity index (χ4n) is 1.57. The average molecular weight is 213 g/mol. The van der Waals surface area contributed by atoms with Crippen LogP contribution in [0.3, 0.4) is 0 Å². The molecule has 0 atom stereocenters. The summed E-state index contributed by atoms with van der Waals surface area (Å²) in [7, 11) is 0. The lowest BCUT2D eigenvalue weighted by molar-refractivity contribution is 0.0697. The zero-order chi connectivity index (χ0) is 11.5. The first-order valence-corrected chi connectivity index (χ1v) is 4.94. The summed E-state index contributed by atoms with van der Waals surface area (Å²) in [5, 5.41) is 8.90. The van der Waals surface area contributed by atoms with Crippen LogP contribution in [0.15, 0.2) is 42.6 Å². The molecular formula is C13H11NO2. The molecule has 0 amide bonds. The minimum absolute atomic E-state index is 0.258. The summed E-state index contributed by atoms with van der Waals surface area (Å²) >= 11 is 0. The lowest BCUT2D eigenvalue weighted by Crippen LogP contribution is -1.97. The largest absolute Gasteiger partial charge is 0.478 e. The maximum absolute atomic E-state index is 10.8. The second-order valence-corrected chi connectivity index (χ2v) is 3.55. The molecule has 0 unspecified atom stereocenters. The molecule has 1 N–H and O–H groups in total. The molecule has 1 heterocycles. The van der Waals surface area contributed by atoms with Crippen LogP contribution >= 0.6 is 0 Å². The highest BCUT2D eigenvalue weighted by atomic mass is 16.4. The molecule has 2 aromatic rings. The Morgan fingerprint density at radius 2 is 2.00 bits per heavy atom. The molecule has 2 rings (SSSR count). The van der Waals surface area contributed by atoms with Gasteiger partial charge in [0, 0.05) is 11.8 Å². The van der Waals surface area contributed by atoms with Crippen LogP contribution in [0.2, 0.25) is 0 Å². The van der Waals surface area contributed by atoms with Gasteiger partial charge >= 0.3 is 5.97 Å². The Morgan fingerprint density at radius 3 is 2.69 bits per heavy atom. The fourth-order valence-corrected chi connectivity index (χ4v) is 1.57. The molecule has 16 heavy (non-hydrogen) atoms. The summed E-state index contributed by atoms with van der Waals surface area (Å²) in [5.74, 6) is -0.933. The van der Waals surface area contributed by atoms with E-state index in [2.05, 4.69) is 4.98 Å². The number of pyridine rings is 1. The van der Waals surface area contributed by atoms with Gasteiger partial charge in [0.25, 0.3) is 0 Å². The molecule has 0 saturated carbocycles. The van der Waals surface area contributed by atoms with E-state index in [9.17, 15) is 4.79 Å². The van der Waals surface area contributed by atoms with Gasteiger partial charge in [0.2, 0.25) is 0 Å². The topological polar surface area (TPSA) is 50.2 Å². The van der Waals surface area contributed by atoms with Crippen LogP contribution in [0.4, 0.5) is 0 Å². The number of carboxylic acid groups (broad SMARTS) is 1. The Hall–Kier alpha value is -2.16. The van der Waals surface area contributed by atoms with Gasteiger partial charge in [0.1, 0.15) is 0 Å². The van der Waals surface area contributed by atoms with Crippen LogP contribution < -0.4 is 0 Å². The minimum Gasteiger partial charge on any atom is -0.478 e. The monoisotopic (exact) mass is 213 g/mol. The van der Waals surface area contributed by atoms with E-state index in [1.165, 1.54) is 12.3 Å². The number of nitrogens with zero attached hydrogens (tertiary/aromatic N) is 1. The van der Waals surface area contributed by atoms with Crippen molar-refractivity contribution < 1.29 is 9.90 Å². The minimum atomic E-state index is -0.933. The van der Waals surface area contributed by atoms with Crippen LogP contribution in [0.1, 0.15) is 15.9 Å². The average Bonchev–Trinajstić information content (AvgIpc) is 2.30. The van der Waals surface area contributed by atoms with Crippen molar-refractivity contribution in [1.82, 2.24) is 4.98 Å². The third-order valence-electron chi connectivity index (χ3n) is 2.43. The number of aromatic nitrogens is 1. The molecule has 0 fully saturated rings. The third-order valence-corrected chi connectivity index (χ3v) is 2.43. The molecule has 0 bridgehead atoms. The smallest absolute Gasteiger partial charge is 0.335 e. The van der Waals surface area contributed by atoms with E-state index < -0.39 is 5.97 Å². The maximum atomic E-state index is 10.8. The van der Waals surface area contributed by atoms with Gasteiger partial charge in [-0.2, -0.15) is 0 Å². The number of carbonyl (C=O) groups is 1. The van der Waals surface area contributed by atoms with Crippen LogP contribution in [0.25, 0.3) is 11.3 Å². The Morgan fingerprint density at radius 1 is 1.25 bits per heavy atom. The molecule has 1 aromatic carbocycles. The van der Waals surface area contributed by atoms with Gasteiger partial charge in [-0.1, -0.05) is 24.3 Å². The maximum Gasteiger partial charge on any atom is 0.335 e. The Labute approximate surface area is 93.4 Å². The Kier molecular flexibility index (Phi) is 2.68. The van der Waals surface area contributed by atoms with E-state index in [1.807, 2.05) is 31.2 Å². The van der Waals surface area contributed by atoms with Crippen LogP contribution in [0, 0.1) is 6.92 Å². The summed E-state index contributed by atoms with van der Waals surface area (Å²) in [6.07, 6.45) is 1.52. The Bertz CT molecular complexity index is 535. The SMILES string of the molecule is Cc1ccccc1-c1cc(C(=O)O)ccn1. The second kappa shape index (κ2) is 4.14. The first-order chi connectivity index (χ1) is 7.68. The predicted molar refractivity (Wildman–Crippen MR) is 61.4 cm³/mol. The summed E-state index contributed by atoms with van der Waals surface area (Å²) in [4.78, 5) is 15.0. The van der Waals surface area contributed by atoms with E-state index in [4.69, 9.17) is 5.11 Å². The molecule has 0 saturated heterocycles. The number of hydrogen-bond acceptors (Lipinski definition) is 2. The molecule has 0 spiro atoms. The van der Waals surface area contributed by atoms with Gasteiger partial charge in [-0.15, -0.1) is 0 Å². The number of aryl methyl sites for hydroxylation is 1. The predicted octanol–water partition coefficient (Wildman–Crippen LogP) is 2.76. The van der Waals surface area contributed by atoms with Gasteiger partial charge in [0.15, 0.2) is 0 Å². The number of rotatable bonds is 2. The zero-order valence-electron chi connectivity index (χ0n) is 8.84. The fraction of sp³-hybridized carbons (Fsp3) is 0.0769. The van der Waals surface area contributed by atoms with Gasteiger partial charge < -0.3 is 5.11 Å². The number of benzene rings is 1. The van der Waals surface area contributed by atoms with Gasteiger partial charge in [-0.3, -0.25) is 4.98 Å². The summed E-state index contributed by atoms with van der Waals surface area (Å²) in [6, 6.07) is 10.8. The molecule has 0 radical (unpaired) electrons. The molecule has 80 valence electrons. The van der Waals surface area contributed by atoms with Gasteiger partial charge in [-0.25, -0.2) is 4.79 Å². The van der Waals surface area contributed by atoms with E-state index in [0.717, 1.165) is 11.1 Å². The lowest BCUT2D eigenvalue weighted by atomic mass is 10.0. The van der Waals surface area contributed by atoms with E-state index >= 15 is 0 Å². The first-order valence-electron chi connectivity index (χ1n) is 4.94. The highest BCUT2D eigenvalue weighted by Gasteiger charge is 2.07. The van der Waals surface area contributed by atoms with Crippen molar-refractivity contribution in [2.24, 2.45) is 0 Å². The van der Waals surface area contributed by atoms with Crippen molar-refractivity contribution in [3.63, 3.8) is 0 Å². The van der Waals surface area contributed by atoms with Crippen LogP contribution in [0.5, 0.6) is 0 Å². The molecular weight excluding hydrogens is 202 g/mol. The molecule has 1 aromatic heterocycles.